The minimum atomic E-state index is 0.507. The summed E-state index contributed by atoms with van der Waals surface area (Å²) in [6, 6.07) is 8.95. The second kappa shape index (κ2) is 9.90. The highest BCUT2D eigenvalue weighted by Crippen LogP contribution is 2.19. The molecule has 0 unspecified atom stereocenters. The van der Waals surface area contributed by atoms with Gasteiger partial charge in [-0.1, -0.05) is 0 Å². The molecule has 0 atom stereocenters. The Morgan fingerprint density at radius 2 is 1.95 bits per heavy atom. The molecule has 1 aromatic carbocycles. The number of benzene rings is 1. The Balaban J connectivity index is 2.48. The van der Waals surface area contributed by atoms with Gasteiger partial charge in [-0.3, -0.25) is 0 Å². The first-order valence-corrected chi connectivity index (χ1v) is 9.29. The van der Waals surface area contributed by atoms with E-state index < -0.39 is 0 Å². The minimum absolute atomic E-state index is 0.507. The van der Waals surface area contributed by atoms with Crippen LogP contribution in [0.2, 0.25) is 0 Å². The first-order valence-electron chi connectivity index (χ1n) is 7.49. The standard InChI is InChI=1S/C16H27N3S2/c1-5-19(13(2)3)15-9-7-14(8-10-15)18-16(20)17-11-6-12-21-4/h7-10,13H,5-6,11-12H2,1-4H3,(H2,17,18,20). The van der Waals surface area contributed by atoms with Crippen LogP contribution in [0.25, 0.3) is 0 Å². The molecule has 0 bridgehead atoms. The van der Waals surface area contributed by atoms with Crippen molar-refractivity contribution in [3.05, 3.63) is 24.3 Å². The van der Waals surface area contributed by atoms with Crippen LogP contribution in [0.1, 0.15) is 27.2 Å². The molecular formula is C16H27N3S2. The summed E-state index contributed by atoms with van der Waals surface area (Å²) in [4.78, 5) is 2.36. The van der Waals surface area contributed by atoms with Gasteiger partial charge >= 0.3 is 0 Å². The number of thioether (sulfide) groups is 1. The van der Waals surface area contributed by atoms with Crippen LogP contribution in [-0.4, -0.2) is 36.3 Å². The normalized spacial score (nSPS) is 10.5. The van der Waals surface area contributed by atoms with Crippen molar-refractivity contribution >= 4 is 40.5 Å². The number of rotatable bonds is 8. The molecule has 0 aliphatic rings. The summed E-state index contributed by atoms with van der Waals surface area (Å²) in [6.07, 6.45) is 3.25. The van der Waals surface area contributed by atoms with E-state index in [-0.39, 0.29) is 0 Å². The van der Waals surface area contributed by atoms with Gasteiger partial charge in [-0.25, -0.2) is 0 Å². The molecule has 0 aromatic heterocycles. The van der Waals surface area contributed by atoms with E-state index in [0.29, 0.717) is 11.2 Å². The quantitative estimate of drug-likeness (QED) is 0.557. The molecule has 0 aliphatic heterocycles. The third-order valence-corrected chi connectivity index (χ3v) is 4.17. The minimum Gasteiger partial charge on any atom is -0.369 e. The zero-order chi connectivity index (χ0) is 15.7. The molecule has 0 radical (unpaired) electrons. The Bertz CT molecular complexity index is 418. The number of nitrogens with one attached hydrogen (secondary N) is 2. The zero-order valence-electron chi connectivity index (χ0n) is 13.5. The zero-order valence-corrected chi connectivity index (χ0v) is 15.1. The summed E-state index contributed by atoms with van der Waals surface area (Å²) < 4.78 is 0. The highest BCUT2D eigenvalue weighted by atomic mass is 32.2. The summed E-state index contributed by atoms with van der Waals surface area (Å²) in [5.74, 6) is 1.16. The van der Waals surface area contributed by atoms with Gasteiger partial charge in [-0.15, -0.1) is 0 Å². The van der Waals surface area contributed by atoms with Crippen molar-refractivity contribution in [3.63, 3.8) is 0 Å². The SMILES string of the molecule is CCN(c1ccc(NC(=S)NCCCSC)cc1)C(C)C. The molecule has 0 amide bonds. The maximum absolute atomic E-state index is 5.29. The molecule has 1 rings (SSSR count). The van der Waals surface area contributed by atoms with Crippen molar-refractivity contribution in [2.75, 3.05) is 35.3 Å². The summed E-state index contributed by atoms with van der Waals surface area (Å²) in [5.41, 5.74) is 2.28. The highest BCUT2D eigenvalue weighted by Gasteiger charge is 2.07. The largest absolute Gasteiger partial charge is 0.369 e. The predicted molar refractivity (Wildman–Crippen MR) is 102 cm³/mol. The lowest BCUT2D eigenvalue weighted by Gasteiger charge is -2.27. The van der Waals surface area contributed by atoms with Crippen LogP contribution in [-0.2, 0) is 0 Å². The van der Waals surface area contributed by atoms with Crippen molar-refractivity contribution < 1.29 is 0 Å². The average Bonchev–Trinajstić information content (AvgIpc) is 2.46. The van der Waals surface area contributed by atoms with Crippen LogP contribution in [0.5, 0.6) is 0 Å². The van der Waals surface area contributed by atoms with Gasteiger partial charge in [0.1, 0.15) is 0 Å². The summed E-state index contributed by atoms with van der Waals surface area (Å²) in [6.45, 7) is 8.54. The molecule has 0 spiro atoms. The fourth-order valence-electron chi connectivity index (χ4n) is 2.18. The fraction of sp³-hybridized carbons (Fsp3) is 0.562. The van der Waals surface area contributed by atoms with Gasteiger partial charge in [0.25, 0.3) is 0 Å². The molecule has 2 N–H and O–H groups in total. The molecule has 5 heteroatoms. The highest BCUT2D eigenvalue weighted by molar-refractivity contribution is 7.98. The monoisotopic (exact) mass is 325 g/mol. The van der Waals surface area contributed by atoms with Crippen LogP contribution < -0.4 is 15.5 Å². The molecule has 1 aromatic rings. The lowest BCUT2D eigenvalue weighted by molar-refractivity contribution is 0.704. The van der Waals surface area contributed by atoms with Crippen molar-refractivity contribution in [1.29, 1.82) is 0 Å². The Labute approximate surface area is 138 Å². The van der Waals surface area contributed by atoms with Gasteiger partial charge in [0.2, 0.25) is 0 Å². The Kier molecular flexibility index (Phi) is 8.54. The van der Waals surface area contributed by atoms with Crippen molar-refractivity contribution in [3.8, 4) is 0 Å². The smallest absolute Gasteiger partial charge is 0.170 e. The number of hydrogen-bond donors (Lipinski definition) is 2. The van der Waals surface area contributed by atoms with Gasteiger partial charge in [0.15, 0.2) is 5.11 Å². The van der Waals surface area contributed by atoms with Crippen LogP contribution in [0.15, 0.2) is 24.3 Å². The second-order valence-electron chi connectivity index (χ2n) is 5.15. The summed E-state index contributed by atoms with van der Waals surface area (Å²) >= 11 is 7.15. The fourth-order valence-corrected chi connectivity index (χ4v) is 2.83. The number of thiocarbonyl (C=S) groups is 1. The molecule has 0 aliphatic carbocycles. The lowest BCUT2D eigenvalue weighted by Crippen LogP contribution is -2.30. The van der Waals surface area contributed by atoms with E-state index in [1.807, 2.05) is 11.8 Å². The summed E-state index contributed by atoms with van der Waals surface area (Å²) in [5, 5.41) is 7.15. The average molecular weight is 326 g/mol. The summed E-state index contributed by atoms with van der Waals surface area (Å²) in [7, 11) is 0. The topological polar surface area (TPSA) is 27.3 Å². The van der Waals surface area contributed by atoms with E-state index in [4.69, 9.17) is 12.2 Å². The maximum Gasteiger partial charge on any atom is 0.170 e. The van der Waals surface area contributed by atoms with Gasteiger partial charge in [0.05, 0.1) is 0 Å². The van der Waals surface area contributed by atoms with Gasteiger partial charge in [0, 0.05) is 30.5 Å². The van der Waals surface area contributed by atoms with Crippen molar-refractivity contribution in [2.45, 2.75) is 33.2 Å². The third kappa shape index (κ3) is 6.57. The number of hydrogen-bond acceptors (Lipinski definition) is 3. The Morgan fingerprint density at radius 3 is 2.48 bits per heavy atom. The van der Waals surface area contributed by atoms with E-state index >= 15 is 0 Å². The number of anilines is 2. The van der Waals surface area contributed by atoms with Crippen LogP contribution in [0.4, 0.5) is 11.4 Å². The molecule has 0 saturated carbocycles. The van der Waals surface area contributed by atoms with E-state index in [1.54, 1.807) is 0 Å². The molecule has 0 fully saturated rings. The Morgan fingerprint density at radius 1 is 1.29 bits per heavy atom. The molecular weight excluding hydrogens is 298 g/mol. The lowest BCUT2D eigenvalue weighted by atomic mass is 10.2. The van der Waals surface area contributed by atoms with E-state index in [2.05, 4.69) is 66.8 Å². The van der Waals surface area contributed by atoms with E-state index in [1.165, 1.54) is 5.69 Å². The van der Waals surface area contributed by atoms with Gasteiger partial charge in [-0.2, -0.15) is 11.8 Å². The predicted octanol–water partition coefficient (Wildman–Crippen LogP) is 3.96. The molecule has 0 heterocycles. The molecule has 21 heavy (non-hydrogen) atoms. The number of nitrogens with zero attached hydrogens (tertiary/aromatic N) is 1. The van der Waals surface area contributed by atoms with Crippen molar-refractivity contribution in [1.82, 2.24) is 5.32 Å². The van der Waals surface area contributed by atoms with Crippen molar-refractivity contribution in [2.24, 2.45) is 0 Å². The van der Waals surface area contributed by atoms with Crippen LogP contribution in [0, 0.1) is 0 Å². The maximum atomic E-state index is 5.29. The molecule has 3 nitrogen and oxygen atoms in total. The van der Waals surface area contributed by atoms with E-state index in [0.717, 1.165) is 31.0 Å². The van der Waals surface area contributed by atoms with E-state index in [9.17, 15) is 0 Å². The first kappa shape index (κ1) is 18.1. The Hall–Kier alpha value is -0.940. The first-order chi connectivity index (χ1) is 10.1. The second-order valence-corrected chi connectivity index (χ2v) is 6.55. The van der Waals surface area contributed by atoms with Crippen LogP contribution >= 0.6 is 24.0 Å². The molecule has 118 valence electrons. The molecule has 0 saturated heterocycles. The van der Waals surface area contributed by atoms with Gasteiger partial charge in [-0.05, 0) is 75.7 Å². The third-order valence-electron chi connectivity index (χ3n) is 3.23. The van der Waals surface area contributed by atoms with Crippen LogP contribution in [0.3, 0.4) is 0 Å². The van der Waals surface area contributed by atoms with Gasteiger partial charge < -0.3 is 15.5 Å².